The van der Waals surface area contributed by atoms with E-state index in [1.54, 1.807) is 6.20 Å². The molecule has 4 nitrogen and oxygen atoms in total. The van der Waals surface area contributed by atoms with Gasteiger partial charge in [0.2, 0.25) is 5.91 Å². The molecule has 1 aromatic carbocycles. The maximum Gasteiger partial charge on any atom is 0.248 e. The van der Waals surface area contributed by atoms with E-state index in [0.29, 0.717) is 5.13 Å². The van der Waals surface area contributed by atoms with Gasteiger partial charge in [-0.1, -0.05) is 6.07 Å². The second-order valence-electron chi connectivity index (χ2n) is 4.49. The van der Waals surface area contributed by atoms with E-state index in [9.17, 15) is 4.79 Å². The molecule has 0 unspecified atom stereocenters. The molecule has 0 aliphatic rings. The fourth-order valence-electron chi connectivity index (χ4n) is 1.65. The van der Waals surface area contributed by atoms with E-state index in [1.165, 1.54) is 22.5 Å². The summed E-state index contributed by atoms with van der Waals surface area (Å²) in [7, 11) is 0. The van der Waals surface area contributed by atoms with Crippen LogP contribution < -0.4 is 10.6 Å². The first-order chi connectivity index (χ1) is 9.06. The zero-order valence-corrected chi connectivity index (χ0v) is 12.0. The molecule has 1 heterocycles. The molecule has 0 spiro atoms. The van der Waals surface area contributed by atoms with E-state index in [-0.39, 0.29) is 11.9 Å². The monoisotopic (exact) mass is 275 g/mol. The normalized spacial score (nSPS) is 11.9. The van der Waals surface area contributed by atoms with Gasteiger partial charge in [-0.05, 0) is 44.0 Å². The lowest BCUT2D eigenvalue weighted by atomic mass is 10.1. The Balaban J connectivity index is 1.98. The van der Waals surface area contributed by atoms with Crippen molar-refractivity contribution in [3.8, 4) is 0 Å². The third-order valence-corrected chi connectivity index (χ3v) is 3.63. The van der Waals surface area contributed by atoms with Gasteiger partial charge in [0, 0.05) is 17.3 Å². The summed E-state index contributed by atoms with van der Waals surface area (Å²) in [5.41, 5.74) is 3.40. The molecule has 0 saturated carbocycles. The van der Waals surface area contributed by atoms with Crippen LogP contribution in [0.2, 0.25) is 0 Å². The second-order valence-corrected chi connectivity index (χ2v) is 5.39. The zero-order valence-electron chi connectivity index (χ0n) is 11.2. The number of nitrogens with zero attached hydrogens (tertiary/aromatic N) is 1. The molecule has 2 aromatic rings. The predicted octanol–water partition coefficient (Wildman–Crippen LogP) is 3.20. The van der Waals surface area contributed by atoms with E-state index in [1.807, 2.05) is 30.5 Å². The van der Waals surface area contributed by atoms with Gasteiger partial charge in [-0.25, -0.2) is 4.98 Å². The Labute approximate surface area is 116 Å². The summed E-state index contributed by atoms with van der Waals surface area (Å²) in [6, 6.07) is 5.76. The molecular formula is C14H17N3OS. The van der Waals surface area contributed by atoms with Crippen molar-refractivity contribution in [3.63, 3.8) is 0 Å². The van der Waals surface area contributed by atoms with Crippen molar-refractivity contribution in [2.75, 3.05) is 10.6 Å². The number of hydrogen-bond donors (Lipinski definition) is 2. The van der Waals surface area contributed by atoms with Crippen molar-refractivity contribution in [2.24, 2.45) is 0 Å². The van der Waals surface area contributed by atoms with Crippen molar-refractivity contribution in [1.82, 2.24) is 4.98 Å². The Kier molecular flexibility index (Phi) is 4.16. The van der Waals surface area contributed by atoms with Gasteiger partial charge in [-0.2, -0.15) is 0 Å². The summed E-state index contributed by atoms with van der Waals surface area (Å²) >= 11 is 1.41. The SMILES string of the molecule is Cc1ccc(N[C@H](C)C(=O)Nc2nccs2)cc1C. The number of amides is 1. The average molecular weight is 275 g/mol. The van der Waals surface area contributed by atoms with Gasteiger partial charge in [0.25, 0.3) is 0 Å². The standard InChI is InChI=1S/C14H17N3OS/c1-9-4-5-12(8-10(9)2)16-11(3)13(18)17-14-15-6-7-19-14/h4-8,11,16H,1-3H3,(H,15,17,18)/t11-/m1/s1. The number of aryl methyl sites for hydroxylation is 2. The maximum atomic E-state index is 12.0. The molecule has 1 amide bonds. The number of rotatable bonds is 4. The largest absolute Gasteiger partial charge is 0.374 e. The molecule has 0 radical (unpaired) electrons. The molecule has 0 aliphatic heterocycles. The van der Waals surface area contributed by atoms with Crippen LogP contribution in [0, 0.1) is 13.8 Å². The van der Waals surface area contributed by atoms with Crippen LogP contribution >= 0.6 is 11.3 Å². The molecule has 0 saturated heterocycles. The van der Waals surface area contributed by atoms with Crippen molar-refractivity contribution in [2.45, 2.75) is 26.8 Å². The van der Waals surface area contributed by atoms with Crippen LogP contribution in [0.15, 0.2) is 29.8 Å². The molecule has 0 fully saturated rings. The molecular weight excluding hydrogens is 258 g/mol. The molecule has 1 aromatic heterocycles. The second kappa shape index (κ2) is 5.84. The Morgan fingerprint density at radius 1 is 1.32 bits per heavy atom. The van der Waals surface area contributed by atoms with Crippen molar-refractivity contribution >= 4 is 28.1 Å². The lowest BCUT2D eigenvalue weighted by molar-refractivity contribution is -0.116. The first kappa shape index (κ1) is 13.5. The van der Waals surface area contributed by atoms with Crippen LogP contribution in [0.4, 0.5) is 10.8 Å². The molecule has 0 aliphatic carbocycles. The van der Waals surface area contributed by atoms with E-state index in [4.69, 9.17) is 0 Å². The highest BCUT2D eigenvalue weighted by Gasteiger charge is 2.13. The predicted molar refractivity (Wildman–Crippen MR) is 79.7 cm³/mol. The minimum absolute atomic E-state index is 0.0896. The Hall–Kier alpha value is -1.88. The third kappa shape index (κ3) is 3.54. The molecule has 2 N–H and O–H groups in total. The van der Waals surface area contributed by atoms with Gasteiger partial charge >= 0.3 is 0 Å². The van der Waals surface area contributed by atoms with E-state index >= 15 is 0 Å². The van der Waals surface area contributed by atoms with Crippen LogP contribution in [0.5, 0.6) is 0 Å². The van der Waals surface area contributed by atoms with Gasteiger partial charge in [-0.15, -0.1) is 11.3 Å². The van der Waals surface area contributed by atoms with Crippen molar-refractivity contribution < 1.29 is 4.79 Å². The first-order valence-electron chi connectivity index (χ1n) is 6.10. The number of aromatic nitrogens is 1. The lowest BCUT2D eigenvalue weighted by Crippen LogP contribution is -2.31. The Bertz CT molecular complexity index is 566. The molecule has 1 atom stereocenters. The quantitative estimate of drug-likeness (QED) is 0.901. The van der Waals surface area contributed by atoms with Gasteiger partial charge < -0.3 is 10.6 Å². The third-order valence-electron chi connectivity index (χ3n) is 2.95. The van der Waals surface area contributed by atoms with Gasteiger partial charge in [0.15, 0.2) is 5.13 Å². The summed E-state index contributed by atoms with van der Waals surface area (Å²) < 4.78 is 0. The van der Waals surface area contributed by atoms with Gasteiger partial charge in [0.05, 0.1) is 0 Å². The molecule has 2 rings (SSSR count). The number of thiazole rings is 1. The first-order valence-corrected chi connectivity index (χ1v) is 6.98. The summed E-state index contributed by atoms with van der Waals surface area (Å²) in [4.78, 5) is 16.0. The smallest absolute Gasteiger partial charge is 0.248 e. The summed E-state index contributed by atoms with van der Waals surface area (Å²) in [6.45, 7) is 5.96. The topological polar surface area (TPSA) is 54.0 Å². The number of nitrogens with one attached hydrogen (secondary N) is 2. The number of hydrogen-bond acceptors (Lipinski definition) is 4. The van der Waals surface area contributed by atoms with E-state index in [0.717, 1.165) is 5.69 Å². The fraction of sp³-hybridized carbons (Fsp3) is 0.286. The van der Waals surface area contributed by atoms with Crippen LogP contribution in [0.1, 0.15) is 18.1 Å². The van der Waals surface area contributed by atoms with Gasteiger partial charge in [-0.3, -0.25) is 4.79 Å². The highest BCUT2D eigenvalue weighted by atomic mass is 32.1. The minimum Gasteiger partial charge on any atom is -0.374 e. The van der Waals surface area contributed by atoms with Crippen LogP contribution in [0.3, 0.4) is 0 Å². The van der Waals surface area contributed by atoms with E-state index < -0.39 is 0 Å². The summed E-state index contributed by atoms with van der Waals surface area (Å²) in [5.74, 6) is -0.0896. The van der Waals surface area contributed by atoms with Crippen molar-refractivity contribution in [3.05, 3.63) is 40.9 Å². The summed E-state index contributed by atoms with van der Waals surface area (Å²) in [5, 5.41) is 8.42. The highest BCUT2D eigenvalue weighted by Crippen LogP contribution is 2.16. The molecule has 0 bridgehead atoms. The number of carbonyl (C=O) groups excluding carboxylic acids is 1. The lowest BCUT2D eigenvalue weighted by Gasteiger charge is -2.15. The molecule has 5 heteroatoms. The Morgan fingerprint density at radius 2 is 2.11 bits per heavy atom. The van der Waals surface area contributed by atoms with E-state index in [2.05, 4.69) is 29.5 Å². The highest BCUT2D eigenvalue weighted by molar-refractivity contribution is 7.13. The average Bonchev–Trinajstić information content (AvgIpc) is 2.86. The minimum atomic E-state index is -0.314. The zero-order chi connectivity index (χ0) is 13.8. The Morgan fingerprint density at radius 3 is 2.74 bits per heavy atom. The van der Waals surface area contributed by atoms with Crippen LogP contribution in [-0.2, 0) is 4.79 Å². The van der Waals surface area contributed by atoms with Crippen molar-refractivity contribution in [1.29, 1.82) is 0 Å². The molecule has 100 valence electrons. The fourth-order valence-corrected chi connectivity index (χ4v) is 2.18. The number of carbonyl (C=O) groups is 1. The van der Waals surface area contributed by atoms with Crippen LogP contribution in [-0.4, -0.2) is 16.9 Å². The molecule has 19 heavy (non-hydrogen) atoms. The maximum absolute atomic E-state index is 12.0. The number of benzene rings is 1. The van der Waals surface area contributed by atoms with Crippen LogP contribution in [0.25, 0.3) is 0 Å². The van der Waals surface area contributed by atoms with Gasteiger partial charge in [0.1, 0.15) is 6.04 Å². The summed E-state index contributed by atoms with van der Waals surface area (Å²) in [6.07, 6.45) is 1.67. The number of anilines is 2.